The Bertz CT molecular complexity index is 936. The number of esters is 1. The van der Waals surface area contributed by atoms with Crippen LogP contribution in [0.15, 0.2) is 48.5 Å². The van der Waals surface area contributed by atoms with Crippen molar-refractivity contribution in [1.82, 2.24) is 14.8 Å². The van der Waals surface area contributed by atoms with Crippen LogP contribution in [0.2, 0.25) is 5.02 Å². The Morgan fingerprint density at radius 1 is 1.14 bits per heavy atom. The number of thiazole rings is 1. The van der Waals surface area contributed by atoms with E-state index in [1.165, 1.54) is 11.8 Å². The fourth-order valence-corrected chi connectivity index (χ4v) is 4.89. The number of nitrogens with zero attached hydrogens (tertiary/aromatic N) is 3. The van der Waals surface area contributed by atoms with E-state index in [9.17, 15) is 4.79 Å². The van der Waals surface area contributed by atoms with E-state index >= 15 is 0 Å². The molecule has 1 atom stereocenters. The molecule has 1 aliphatic heterocycles. The summed E-state index contributed by atoms with van der Waals surface area (Å²) in [5, 5.41) is 1.72. The lowest BCUT2D eigenvalue weighted by molar-refractivity contribution is -0.148. The van der Waals surface area contributed by atoms with Crippen LogP contribution in [-0.4, -0.2) is 54.0 Å². The van der Waals surface area contributed by atoms with Gasteiger partial charge in [-0.25, -0.2) is 9.78 Å². The van der Waals surface area contributed by atoms with Crippen molar-refractivity contribution in [2.24, 2.45) is 0 Å². The summed E-state index contributed by atoms with van der Waals surface area (Å²) in [6.45, 7) is 4.12. The minimum absolute atomic E-state index is 0.271. The second-order valence-electron chi connectivity index (χ2n) is 6.83. The zero-order chi connectivity index (χ0) is 19.5. The molecule has 0 unspecified atom stereocenters. The zero-order valence-corrected chi connectivity index (χ0v) is 17.2. The molecular formula is C21H22ClN3O2S. The van der Waals surface area contributed by atoms with E-state index < -0.39 is 6.04 Å². The van der Waals surface area contributed by atoms with Gasteiger partial charge in [0.1, 0.15) is 11.0 Å². The normalized spacial score (nSPS) is 16.9. The van der Waals surface area contributed by atoms with E-state index in [1.54, 1.807) is 11.3 Å². The van der Waals surface area contributed by atoms with Gasteiger partial charge in [0.2, 0.25) is 0 Å². The predicted molar refractivity (Wildman–Crippen MR) is 113 cm³/mol. The van der Waals surface area contributed by atoms with Crippen LogP contribution >= 0.6 is 22.9 Å². The monoisotopic (exact) mass is 415 g/mol. The third-order valence-electron chi connectivity index (χ3n) is 5.09. The van der Waals surface area contributed by atoms with Crippen LogP contribution in [-0.2, 0) is 16.1 Å². The molecule has 7 heteroatoms. The maximum absolute atomic E-state index is 12.5. The second-order valence-corrected chi connectivity index (χ2v) is 8.36. The Morgan fingerprint density at radius 3 is 2.57 bits per heavy atom. The SMILES string of the molecule is COC(=O)[C@H](c1ccccc1Cl)N1CCN(Cc2nc3ccccc3s2)CC1. The summed E-state index contributed by atoms with van der Waals surface area (Å²) < 4.78 is 6.29. The van der Waals surface area contributed by atoms with Gasteiger partial charge in [0, 0.05) is 31.2 Å². The molecule has 1 fully saturated rings. The van der Waals surface area contributed by atoms with E-state index in [1.807, 2.05) is 36.4 Å². The zero-order valence-electron chi connectivity index (χ0n) is 15.7. The molecule has 0 spiro atoms. The largest absolute Gasteiger partial charge is 0.468 e. The van der Waals surface area contributed by atoms with Crippen molar-refractivity contribution >= 4 is 39.1 Å². The lowest BCUT2D eigenvalue weighted by atomic mass is 10.0. The van der Waals surface area contributed by atoms with Gasteiger partial charge in [-0.15, -0.1) is 11.3 Å². The number of aromatic nitrogens is 1. The summed E-state index contributed by atoms with van der Waals surface area (Å²) in [5.74, 6) is -0.271. The van der Waals surface area contributed by atoms with Crippen molar-refractivity contribution in [2.75, 3.05) is 33.3 Å². The van der Waals surface area contributed by atoms with Crippen LogP contribution < -0.4 is 0 Å². The number of rotatable bonds is 5. The highest BCUT2D eigenvalue weighted by Crippen LogP contribution is 2.30. The van der Waals surface area contributed by atoms with Gasteiger partial charge in [-0.1, -0.05) is 41.9 Å². The summed E-state index contributed by atoms with van der Waals surface area (Å²) in [6, 6.07) is 15.3. The molecule has 0 aliphatic carbocycles. The van der Waals surface area contributed by atoms with Gasteiger partial charge >= 0.3 is 5.97 Å². The molecule has 28 heavy (non-hydrogen) atoms. The molecule has 146 valence electrons. The molecule has 5 nitrogen and oxygen atoms in total. The highest BCUT2D eigenvalue weighted by Gasteiger charge is 2.32. The summed E-state index contributed by atoms with van der Waals surface area (Å²) in [5.41, 5.74) is 1.86. The van der Waals surface area contributed by atoms with E-state index in [0.29, 0.717) is 5.02 Å². The standard InChI is InChI=1S/C21H22ClN3O2S/c1-27-21(26)20(15-6-2-3-7-16(15)22)25-12-10-24(11-13-25)14-19-23-17-8-4-5-9-18(17)28-19/h2-9,20H,10-14H2,1H3/t20-/m0/s1. The molecule has 4 rings (SSSR count). The molecule has 2 heterocycles. The minimum Gasteiger partial charge on any atom is -0.468 e. The van der Waals surface area contributed by atoms with Crippen LogP contribution in [0.1, 0.15) is 16.6 Å². The van der Waals surface area contributed by atoms with Gasteiger partial charge in [-0.3, -0.25) is 9.80 Å². The second kappa shape index (κ2) is 8.57. The highest BCUT2D eigenvalue weighted by molar-refractivity contribution is 7.18. The van der Waals surface area contributed by atoms with Gasteiger partial charge in [0.25, 0.3) is 0 Å². The smallest absolute Gasteiger partial charge is 0.327 e. The van der Waals surface area contributed by atoms with Crippen LogP contribution in [0.5, 0.6) is 0 Å². The molecule has 1 aromatic heterocycles. The third-order valence-corrected chi connectivity index (χ3v) is 6.46. The average Bonchev–Trinajstić information content (AvgIpc) is 3.13. The number of carbonyl (C=O) groups excluding carboxylic acids is 1. The van der Waals surface area contributed by atoms with E-state index in [2.05, 4.69) is 21.9 Å². The van der Waals surface area contributed by atoms with Crippen molar-refractivity contribution in [3.8, 4) is 0 Å². The summed E-state index contributed by atoms with van der Waals surface area (Å²) in [4.78, 5) is 21.8. The number of benzene rings is 2. The van der Waals surface area contributed by atoms with Gasteiger partial charge in [0.15, 0.2) is 0 Å². The Balaban J connectivity index is 1.44. The number of piperazine rings is 1. The fourth-order valence-electron chi connectivity index (χ4n) is 3.64. The Hall–Kier alpha value is -1.99. The Labute approximate surface area is 173 Å². The van der Waals surface area contributed by atoms with Crippen molar-refractivity contribution in [2.45, 2.75) is 12.6 Å². The number of hydrogen-bond donors (Lipinski definition) is 0. The number of ether oxygens (including phenoxy) is 1. The Morgan fingerprint density at radius 2 is 1.86 bits per heavy atom. The number of para-hydroxylation sites is 1. The van der Waals surface area contributed by atoms with Gasteiger partial charge in [-0.05, 0) is 23.8 Å². The van der Waals surface area contributed by atoms with E-state index in [0.717, 1.165) is 48.8 Å². The van der Waals surface area contributed by atoms with Crippen LogP contribution in [0, 0.1) is 0 Å². The number of halogens is 1. The summed E-state index contributed by atoms with van der Waals surface area (Å²) in [6.07, 6.45) is 0. The first-order valence-electron chi connectivity index (χ1n) is 9.29. The van der Waals surface area contributed by atoms with Gasteiger partial charge < -0.3 is 4.74 Å². The summed E-state index contributed by atoms with van der Waals surface area (Å²) in [7, 11) is 1.43. The van der Waals surface area contributed by atoms with E-state index in [-0.39, 0.29) is 5.97 Å². The third kappa shape index (κ3) is 4.05. The van der Waals surface area contributed by atoms with Crippen molar-refractivity contribution < 1.29 is 9.53 Å². The van der Waals surface area contributed by atoms with Gasteiger partial charge in [-0.2, -0.15) is 0 Å². The van der Waals surface area contributed by atoms with Gasteiger partial charge in [0.05, 0.1) is 23.9 Å². The molecule has 1 saturated heterocycles. The maximum Gasteiger partial charge on any atom is 0.327 e. The predicted octanol–water partition coefficient (Wildman–Crippen LogP) is 3.98. The number of carbonyl (C=O) groups is 1. The molecule has 0 saturated carbocycles. The lowest BCUT2D eigenvalue weighted by Gasteiger charge is -2.38. The number of hydrogen-bond acceptors (Lipinski definition) is 6. The molecule has 3 aromatic rings. The topological polar surface area (TPSA) is 45.7 Å². The summed E-state index contributed by atoms with van der Waals surface area (Å²) >= 11 is 8.11. The van der Waals surface area contributed by atoms with Crippen molar-refractivity contribution in [3.05, 3.63) is 64.1 Å². The average molecular weight is 416 g/mol. The first kappa shape index (κ1) is 19.3. The Kier molecular flexibility index (Phi) is 5.92. The van der Waals surface area contributed by atoms with E-state index in [4.69, 9.17) is 21.3 Å². The molecule has 0 bridgehead atoms. The molecule has 0 radical (unpaired) electrons. The molecular weight excluding hydrogens is 394 g/mol. The molecule has 1 aliphatic rings. The van der Waals surface area contributed by atoms with Crippen molar-refractivity contribution in [1.29, 1.82) is 0 Å². The number of methoxy groups -OCH3 is 1. The lowest BCUT2D eigenvalue weighted by Crippen LogP contribution is -2.49. The molecule has 0 amide bonds. The molecule has 2 aromatic carbocycles. The van der Waals surface area contributed by atoms with Crippen LogP contribution in [0.25, 0.3) is 10.2 Å². The first-order chi connectivity index (χ1) is 13.7. The van der Waals surface area contributed by atoms with Crippen molar-refractivity contribution in [3.63, 3.8) is 0 Å². The minimum atomic E-state index is -0.469. The fraction of sp³-hybridized carbons (Fsp3) is 0.333. The maximum atomic E-state index is 12.5. The number of fused-ring (bicyclic) bond motifs is 1. The van der Waals surface area contributed by atoms with Crippen LogP contribution in [0.3, 0.4) is 0 Å². The first-order valence-corrected chi connectivity index (χ1v) is 10.5. The quantitative estimate of drug-likeness (QED) is 0.590. The molecule has 0 N–H and O–H groups in total. The van der Waals surface area contributed by atoms with Crippen LogP contribution in [0.4, 0.5) is 0 Å². The highest BCUT2D eigenvalue weighted by atomic mass is 35.5.